The van der Waals surface area contributed by atoms with Crippen molar-refractivity contribution in [1.82, 2.24) is 0 Å². The van der Waals surface area contributed by atoms with Crippen LogP contribution >= 0.6 is 0 Å². The Kier molecular flexibility index (Phi) is 7.20. The molecule has 0 bridgehead atoms. The zero-order chi connectivity index (χ0) is 38.2. The summed E-state index contributed by atoms with van der Waals surface area (Å²) in [6.45, 7) is 0. The first-order valence-electron chi connectivity index (χ1n) is 19.6. The van der Waals surface area contributed by atoms with Gasteiger partial charge in [-0.2, -0.15) is 0 Å². The first-order chi connectivity index (χ1) is 28.7. The molecule has 58 heavy (non-hydrogen) atoms. The quantitative estimate of drug-likeness (QED) is 0.170. The molecule has 0 saturated carbocycles. The molecule has 3 aromatic heterocycles. The van der Waals surface area contributed by atoms with Crippen molar-refractivity contribution in [3.63, 3.8) is 0 Å². The molecule has 0 N–H and O–H groups in total. The predicted molar refractivity (Wildman–Crippen MR) is 239 cm³/mol. The molecule has 12 aromatic rings. The fraction of sp³-hybridized carbons (Fsp3) is 0. The number of nitrogens with zero attached hydrogens (tertiary/aromatic N) is 1. The third kappa shape index (κ3) is 5.31. The monoisotopic (exact) mass is 743 g/mol. The highest BCUT2D eigenvalue weighted by Gasteiger charge is 2.20. The number of anilines is 3. The van der Waals surface area contributed by atoms with Gasteiger partial charge in [-0.3, -0.25) is 0 Å². The molecule has 0 fully saturated rings. The zero-order valence-electron chi connectivity index (χ0n) is 31.2. The molecule has 0 amide bonds. The summed E-state index contributed by atoms with van der Waals surface area (Å²) in [5.74, 6) is 0. The van der Waals surface area contributed by atoms with E-state index in [2.05, 4.69) is 187 Å². The van der Waals surface area contributed by atoms with Gasteiger partial charge in [0.1, 0.15) is 33.5 Å². The lowest BCUT2D eigenvalue weighted by Crippen LogP contribution is -2.09. The van der Waals surface area contributed by atoms with Crippen LogP contribution in [0.25, 0.3) is 99.2 Å². The molecule has 0 radical (unpaired) electrons. The minimum Gasteiger partial charge on any atom is -0.456 e. The Morgan fingerprint density at radius 3 is 0.776 bits per heavy atom. The maximum atomic E-state index is 6.43. The number of benzene rings is 9. The minimum absolute atomic E-state index is 0.846. The van der Waals surface area contributed by atoms with Crippen LogP contribution in [0.2, 0.25) is 0 Å². The molecule has 0 saturated heterocycles. The largest absolute Gasteiger partial charge is 0.456 e. The minimum atomic E-state index is 0.846. The Bertz CT molecular complexity index is 3130. The average Bonchev–Trinajstić information content (AvgIpc) is 3.97. The van der Waals surface area contributed by atoms with Crippen molar-refractivity contribution in [2.24, 2.45) is 0 Å². The molecule has 0 aliphatic carbocycles. The molecule has 4 nitrogen and oxygen atoms in total. The van der Waals surface area contributed by atoms with Crippen molar-refractivity contribution in [1.29, 1.82) is 0 Å². The van der Waals surface area contributed by atoms with Crippen LogP contribution in [0.1, 0.15) is 0 Å². The lowest BCUT2D eigenvalue weighted by Gasteiger charge is -2.25. The van der Waals surface area contributed by atoms with E-state index in [-0.39, 0.29) is 0 Å². The topological polar surface area (TPSA) is 42.7 Å². The number of hydrogen-bond acceptors (Lipinski definition) is 4. The molecule has 9 aromatic carbocycles. The van der Waals surface area contributed by atoms with Gasteiger partial charge in [0.2, 0.25) is 0 Å². The summed E-state index contributed by atoms with van der Waals surface area (Å²) in [5, 5.41) is 6.40. The van der Waals surface area contributed by atoms with Gasteiger partial charge in [-0.1, -0.05) is 109 Å². The summed E-state index contributed by atoms with van der Waals surface area (Å²) in [5.41, 5.74) is 15.1. The lowest BCUT2D eigenvalue weighted by atomic mass is 10.0. The van der Waals surface area contributed by atoms with Crippen LogP contribution in [-0.2, 0) is 0 Å². The molecule has 3 heterocycles. The highest BCUT2D eigenvalue weighted by molar-refractivity contribution is 6.11. The predicted octanol–water partition coefficient (Wildman–Crippen LogP) is 15.9. The zero-order valence-corrected chi connectivity index (χ0v) is 31.2. The Labute approximate surface area is 333 Å². The third-order valence-corrected chi connectivity index (χ3v) is 11.5. The van der Waals surface area contributed by atoms with Gasteiger partial charge in [0, 0.05) is 49.4 Å². The molecule has 0 unspecified atom stereocenters. The standard InChI is InChI=1S/C54H33NO3/c1-4-10-34(11-5-1)37-16-22-49-43(28-37)46-31-40(19-25-52(46)56-49)55(41-20-26-53-47(32-41)44-29-38(17-23-50(44)57-53)35-12-6-2-7-13-35)42-21-27-54-48(33-42)45-30-39(18-24-51(45)58-54)36-14-8-3-9-15-36/h1-33H. The van der Waals surface area contributed by atoms with Crippen LogP contribution < -0.4 is 4.90 Å². The smallest absolute Gasteiger partial charge is 0.135 e. The van der Waals surface area contributed by atoms with Gasteiger partial charge in [-0.25, -0.2) is 0 Å². The Hall–Kier alpha value is -7.82. The molecule has 0 atom stereocenters. The fourth-order valence-electron chi connectivity index (χ4n) is 8.59. The second kappa shape index (κ2) is 12.9. The van der Waals surface area contributed by atoms with Gasteiger partial charge in [0.25, 0.3) is 0 Å². The van der Waals surface area contributed by atoms with Gasteiger partial charge < -0.3 is 18.2 Å². The van der Waals surface area contributed by atoms with E-state index >= 15 is 0 Å². The number of fused-ring (bicyclic) bond motifs is 9. The van der Waals surface area contributed by atoms with Crippen LogP contribution in [0, 0.1) is 0 Å². The van der Waals surface area contributed by atoms with Crippen LogP contribution in [0.3, 0.4) is 0 Å². The van der Waals surface area contributed by atoms with E-state index in [1.165, 1.54) is 16.7 Å². The van der Waals surface area contributed by atoms with Gasteiger partial charge in [-0.05, 0) is 124 Å². The third-order valence-electron chi connectivity index (χ3n) is 11.5. The Balaban J connectivity index is 1.07. The van der Waals surface area contributed by atoms with Crippen LogP contribution in [-0.4, -0.2) is 0 Å². The van der Waals surface area contributed by atoms with Crippen molar-refractivity contribution in [2.45, 2.75) is 0 Å². The first-order valence-corrected chi connectivity index (χ1v) is 19.6. The van der Waals surface area contributed by atoms with E-state index in [0.717, 1.165) is 99.6 Å². The average molecular weight is 744 g/mol. The highest BCUT2D eigenvalue weighted by atomic mass is 16.3. The van der Waals surface area contributed by atoms with E-state index in [9.17, 15) is 0 Å². The first kappa shape index (κ1) is 32.4. The summed E-state index contributed by atoms with van der Waals surface area (Å²) in [7, 11) is 0. The Morgan fingerprint density at radius 1 is 0.224 bits per heavy atom. The summed E-state index contributed by atoms with van der Waals surface area (Å²) < 4.78 is 19.3. The van der Waals surface area contributed by atoms with Crippen LogP contribution in [0.5, 0.6) is 0 Å². The number of furan rings is 3. The number of rotatable bonds is 6. The maximum Gasteiger partial charge on any atom is 0.135 e. The van der Waals surface area contributed by atoms with E-state index in [0.29, 0.717) is 0 Å². The molecule has 4 heteroatoms. The van der Waals surface area contributed by atoms with Gasteiger partial charge in [0.15, 0.2) is 0 Å². The summed E-state index contributed by atoms with van der Waals surface area (Å²) >= 11 is 0. The summed E-state index contributed by atoms with van der Waals surface area (Å²) in [4.78, 5) is 2.33. The Morgan fingerprint density at radius 2 is 0.483 bits per heavy atom. The van der Waals surface area contributed by atoms with Crippen molar-refractivity contribution in [3.8, 4) is 33.4 Å². The molecule has 12 rings (SSSR count). The SMILES string of the molecule is c1ccc(-c2ccc3oc4ccc(N(c5ccc6oc7ccc(-c8ccccc8)cc7c6c5)c5ccc6oc7ccc(-c8ccccc8)cc7c6c5)cc4c3c2)cc1. The molecular formula is C54H33NO3. The van der Waals surface area contributed by atoms with Gasteiger partial charge >= 0.3 is 0 Å². The van der Waals surface area contributed by atoms with Gasteiger partial charge in [-0.15, -0.1) is 0 Å². The highest BCUT2D eigenvalue weighted by Crippen LogP contribution is 2.44. The van der Waals surface area contributed by atoms with Crippen molar-refractivity contribution in [2.75, 3.05) is 4.90 Å². The fourth-order valence-corrected chi connectivity index (χ4v) is 8.59. The second-order valence-electron chi connectivity index (χ2n) is 14.9. The molecular weight excluding hydrogens is 711 g/mol. The molecule has 0 aliphatic rings. The van der Waals surface area contributed by atoms with Crippen molar-refractivity contribution in [3.05, 3.63) is 200 Å². The summed E-state index contributed by atoms with van der Waals surface area (Å²) in [6.07, 6.45) is 0. The molecule has 0 spiro atoms. The van der Waals surface area contributed by atoms with Gasteiger partial charge in [0.05, 0.1) is 0 Å². The molecule has 0 aliphatic heterocycles. The molecule has 272 valence electrons. The maximum absolute atomic E-state index is 6.43. The van der Waals surface area contributed by atoms with Crippen LogP contribution in [0.15, 0.2) is 213 Å². The van der Waals surface area contributed by atoms with Crippen molar-refractivity contribution < 1.29 is 13.3 Å². The van der Waals surface area contributed by atoms with Crippen LogP contribution in [0.4, 0.5) is 17.1 Å². The van der Waals surface area contributed by atoms with E-state index in [1.54, 1.807) is 0 Å². The second-order valence-corrected chi connectivity index (χ2v) is 14.9. The summed E-state index contributed by atoms with van der Waals surface area (Å²) in [6, 6.07) is 70.4. The number of hydrogen-bond donors (Lipinski definition) is 0. The van der Waals surface area contributed by atoms with E-state index in [4.69, 9.17) is 13.3 Å². The van der Waals surface area contributed by atoms with E-state index in [1.807, 2.05) is 18.2 Å². The van der Waals surface area contributed by atoms with E-state index < -0.39 is 0 Å². The lowest BCUT2D eigenvalue weighted by molar-refractivity contribution is 0.668. The normalized spacial score (nSPS) is 11.8. The van der Waals surface area contributed by atoms with Crippen molar-refractivity contribution >= 4 is 82.9 Å².